The Balaban J connectivity index is 1.84. The number of hydrogen-bond donors (Lipinski definition) is 1. The van der Waals surface area contributed by atoms with E-state index >= 15 is 0 Å². The number of aryl methyl sites for hydroxylation is 1. The Labute approximate surface area is 137 Å². The van der Waals surface area contributed by atoms with Gasteiger partial charge in [0.25, 0.3) is 0 Å². The van der Waals surface area contributed by atoms with E-state index in [0.717, 1.165) is 27.7 Å². The molecule has 2 heterocycles. The van der Waals surface area contributed by atoms with Crippen LogP contribution < -0.4 is 0 Å². The molecule has 0 radical (unpaired) electrons. The Kier molecular flexibility index (Phi) is 6.35. The number of rotatable bonds is 9. The molecule has 5 nitrogen and oxygen atoms in total. The number of Topliss-reactive ketones (excluding diaryl/α,β-unsaturated/α-hetero) is 2. The van der Waals surface area contributed by atoms with Gasteiger partial charge >= 0.3 is 0 Å². The molecule has 1 N–H and O–H groups in total. The van der Waals surface area contributed by atoms with Gasteiger partial charge in [-0.25, -0.2) is 9.97 Å². The third kappa shape index (κ3) is 4.53. The lowest BCUT2D eigenvalue weighted by atomic mass is 10.1. The van der Waals surface area contributed by atoms with Crippen LogP contribution in [0, 0.1) is 6.92 Å². The minimum Gasteiger partial charge on any atom is -0.389 e. The number of nitrogens with zero attached hydrogens (tertiary/aromatic N) is 2. The average Bonchev–Trinajstić information content (AvgIpc) is 3.15. The van der Waals surface area contributed by atoms with Crippen molar-refractivity contribution in [3.8, 4) is 10.0 Å². The lowest BCUT2D eigenvalue weighted by Gasteiger charge is -2.00. The molecule has 2 aromatic heterocycles. The normalized spacial score (nSPS) is 10.8. The van der Waals surface area contributed by atoms with E-state index in [1.807, 2.05) is 12.3 Å². The number of unbranched alkanes of at least 4 members (excludes halogenated alkanes) is 2. The molecule has 0 aliphatic heterocycles. The molecular weight excluding hydrogens is 320 g/mol. The summed E-state index contributed by atoms with van der Waals surface area (Å²) in [5.74, 6) is -0.0974. The van der Waals surface area contributed by atoms with Crippen molar-refractivity contribution in [2.75, 3.05) is 6.61 Å². The lowest BCUT2D eigenvalue weighted by molar-refractivity contribution is -0.121. The zero-order chi connectivity index (χ0) is 15.9. The fraction of sp³-hybridized carbons (Fsp3) is 0.467. The molecule has 0 saturated carbocycles. The number of thiazole rings is 2. The largest absolute Gasteiger partial charge is 0.389 e. The van der Waals surface area contributed by atoms with E-state index in [-0.39, 0.29) is 11.6 Å². The predicted octanol–water partition coefficient (Wildman–Crippen LogP) is 3.27. The number of aliphatic hydroxyl groups is 1. The summed E-state index contributed by atoms with van der Waals surface area (Å²) in [6.45, 7) is 1.51. The van der Waals surface area contributed by atoms with E-state index in [9.17, 15) is 9.59 Å². The molecule has 0 saturated heterocycles. The Bertz CT molecular complexity index is 635. The highest BCUT2D eigenvalue weighted by molar-refractivity contribution is 7.20. The van der Waals surface area contributed by atoms with Gasteiger partial charge in [0.15, 0.2) is 21.6 Å². The van der Waals surface area contributed by atoms with Crippen LogP contribution in [-0.2, 0) is 4.79 Å². The van der Waals surface area contributed by atoms with Crippen LogP contribution in [0.5, 0.6) is 0 Å². The minimum atomic E-state index is -0.392. The summed E-state index contributed by atoms with van der Waals surface area (Å²) in [6.07, 6.45) is 4.81. The van der Waals surface area contributed by atoms with Crippen molar-refractivity contribution in [2.45, 2.75) is 39.0 Å². The number of carbonyl (C=O) groups is 2. The molecule has 7 heteroatoms. The standard InChI is InChI=1S/C15H18N2O3S2/c1-10-13(17-15(22-10)14-16-7-8-21-14)12(20)6-4-2-3-5-11(19)9-18/h7-8,18H,2-6,9H2,1H3. The van der Waals surface area contributed by atoms with Gasteiger partial charge in [-0.05, 0) is 19.8 Å². The summed E-state index contributed by atoms with van der Waals surface area (Å²) in [6, 6.07) is 0. The molecule has 0 fully saturated rings. The van der Waals surface area contributed by atoms with Crippen molar-refractivity contribution >= 4 is 34.2 Å². The number of aromatic nitrogens is 2. The van der Waals surface area contributed by atoms with Crippen molar-refractivity contribution in [2.24, 2.45) is 0 Å². The molecule has 22 heavy (non-hydrogen) atoms. The van der Waals surface area contributed by atoms with Crippen LogP contribution in [0.15, 0.2) is 11.6 Å². The minimum absolute atomic E-state index is 0.0463. The highest BCUT2D eigenvalue weighted by atomic mass is 32.1. The second-order valence-electron chi connectivity index (χ2n) is 4.94. The van der Waals surface area contributed by atoms with Gasteiger partial charge in [0.05, 0.1) is 0 Å². The Hall–Kier alpha value is -1.44. The quantitative estimate of drug-likeness (QED) is 0.560. The van der Waals surface area contributed by atoms with Gasteiger partial charge in [0, 0.05) is 29.3 Å². The third-order valence-corrected chi connectivity index (χ3v) is 5.10. The Morgan fingerprint density at radius 1 is 1.18 bits per heavy atom. The maximum Gasteiger partial charge on any atom is 0.182 e. The molecule has 118 valence electrons. The summed E-state index contributed by atoms with van der Waals surface area (Å²) >= 11 is 3.01. The van der Waals surface area contributed by atoms with E-state index in [1.165, 1.54) is 22.7 Å². The maximum atomic E-state index is 12.2. The lowest BCUT2D eigenvalue weighted by Crippen LogP contribution is -2.04. The van der Waals surface area contributed by atoms with Crippen molar-refractivity contribution in [1.29, 1.82) is 0 Å². The smallest absolute Gasteiger partial charge is 0.182 e. The predicted molar refractivity (Wildman–Crippen MR) is 87.5 cm³/mol. The van der Waals surface area contributed by atoms with Crippen molar-refractivity contribution in [1.82, 2.24) is 9.97 Å². The van der Waals surface area contributed by atoms with E-state index in [0.29, 0.717) is 25.0 Å². The van der Waals surface area contributed by atoms with E-state index in [4.69, 9.17) is 5.11 Å². The van der Waals surface area contributed by atoms with Crippen molar-refractivity contribution in [3.05, 3.63) is 22.1 Å². The number of carbonyl (C=O) groups excluding carboxylic acids is 2. The van der Waals surface area contributed by atoms with Crippen LogP contribution in [0.3, 0.4) is 0 Å². The van der Waals surface area contributed by atoms with Gasteiger partial charge in [-0.1, -0.05) is 6.42 Å². The zero-order valence-electron chi connectivity index (χ0n) is 12.4. The maximum absolute atomic E-state index is 12.2. The highest BCUT2D eigenvalue weighted by Crippen LogP contribution is 2.29. The zero-order valence-corrected chi connectivity index (χ0v) is 14.0. The monoisotopic (exact) mass is 338 g/mol. The van der Waals surface area contributed by atoms with Crippen LogP contribution in [0.1, 0.15) is 47.5 Å². The molecule has 2 rings (SSSR count). The van der Waals surface area contributed by atoms with Crippen LogP contribution in [0.25, 0.3) is 10.0 Å². The van der Waals surface area contributed by atoms with E-state index < -0.39 is 6.61 Å². The average molecular weight is 338 g/mol. The second kappa shape index (κ2) is 8.26. The number of aliphatic hydroxyl groups excluding tert-OH is 1. The molecule has 2 aromatic rings. The molecule has 0 aromatic carbocycles. The van der Waals surface area contributed by atoms with Gasteiger partial charge in [-0.15, -0.1) is 22.7 Å². The van der Waals surface area contributed by atoms with Crippen LogP contribution in [0.2, 0.25) is 0 Å². The van der Waals surface area contributed by atoms with Crippen LogP contribution in [0.4, 0.5) is 0 Å². The summed E-state index contributed by atoms with van der Waals surface area (Å²) in [5, 5.41) is 12.2. The first-order valence-electron chi connectivity index (χ1n) is 7.15. The van der Waals surface area contributed by atoms with Gasteiger partial charge < -0.3 is 5.11 Å². The molecule has 0 aliphatic carbocycles. The molecular formula is C15H18N2O3S2. The summed E-state index contributed by atoms with van der Waals surface area (Å²) in [5.41, 5.74) is 0.543. The first-order chi connectivity index (χ1) is 10.6. The van der Waals surface area contributed by atoms with Crippen molar-refractivity contribution < 1.29 is 14.7 Å². The summed E-state index contributed by atoms with van der Waals surface area (Å²) < 4.78 is 0. The van der Waals surface area contributed by atoms with Gasteiger partial charge in [-0.2, -0.15) is 0 Å². The number of hydrogen-bond acceptors (Lipinski definition) is 7. The molecule has 0 bridgehead atoms. The van der Waals surface area contributed by atoms with Crippen LogP contribution >= 0.6 is 22.7 Å². The molecule has 0 atom stereocenters. The molecule has 0 spiro atoms. The topological polar surface area (TPSA) is 80.2 Å². The highest BCUT2D eigenvalue weighted by Gasteiger charge is 2.17. The first kappa shape index (κ1) is 16.9. The molecule has 0 aliphatic rings. The van der Waals surface area contributed by atoms with E-state index in [2.05, 4.69) is 9.97 Å². The summed E-state index contributed by atoms with van der Waals surface area (Å²) in [4.78, 5) is 32.7. The Morgan fingerprint density at radius 3 is 2.64 bits per heavy atom. The van der Waals surface area contributed by atoms with Crippen LogP contribution in [-0.4, -0.2) is 33.2 Å². The van der Waals surface area contributed by atoms with Gasteiger partial charge in [0.2, 0.25) is 0 Å². The SMILES string of the molecule is Cc1sc(-c2nccs2)nc1C(=O)CCCCCC(=O)CO. The first-order valence-corrected chi connectivity index (χ1v) is 8.84. The third-order valence-electron chi connectivity index (χ3n) is 3.21. The fourth-order valence-electron chi connectivity index (χ4n) is 2.06. The fourth-order valence-corrected chi connectivity index (χ4v) is 3.67. The number of ketones is 2. The molecule has 0 amide bonds. The second-order valence-corrected chi connectivity index (χ2v) is 7.04. The van der Waals surface area contributed by atoms with Gasteiger partial charge in [0.1, 0.15) is 12.3 Å². The summed E-state index contributed by atoms with van der Waals surface area (Å²) in [7, 11) is 0. The molecule has 0 unspecified atom stereocenters. The van der Waals surface area contributed by atoms with Gasteiger partial charge in [-0.3, -0.25) is 9.59 Å². The van der Waals surface area contributed by atoms with Crippen molar-refractivity contribution in [3.63, 3.8) is 0 Å². The van der Waals surface area contributed by atoms with E-state index in [1.54, 1.807) is 6.20 Å². The Morgan fingerprint density at radius 2 is 1.95 bits per heavy atom.